The minimum absolute atomic E-state index is 0.101. The number of anilines is 1. The molecule has 1 aliphatic heterocycles. The van der Waals surface area contributed by atoms with Crippen molar-refractivity contribution < 1.29 is 18.0 Å². The maximum Gasteiger partial charge on any atom is 0.247 e. The Hall–Kier alpha value is -1.93. The van der Waals surface area contributed by atoms with Crippen molar-refractivity contribution in [3.8, 4) is 0 Å². The molecule has 0 radical (unpaired) electrons. The molecule has 1 aliphatic rings. The van der Waals surface area contributed by atoms with E-state index in [1.165, 1.54) is 17.3 Å². The molecule has 2 amide bonds. The van der Waals surface area contributed by atoms with Crippen LogP contribution in [-0.2, 0) is 19.6 Å². The summed E-state index contributed by atoms with van der Waals surface area (Å²) in [6.45, 7) is 7.82. The molecule has 2 N–H and O–H groups in total. The Morgan fingerprint density at radius 2 is 1.74 bits per heavy atom. The molecule has 0 aromatic heterocycles. The number of nitrogens with one attached hydrogen (secondary N) is 2. The first kappa shape index (κ1) is 21.4. The van der Waals surface area contributed by atoms with Crippen molar-refractivity contribution in [2.45, 2.75) is 57.9 Å². The highest BCUT2D eigenvalue weighted by molar-refractivity contribution is 7.89. The zero-order chi connectivity index (χ0) is 20.2. The number of hydrogen-bond donors (Lipinski definition) is 2. The van der Waals surface area contributed by atoms with Crippen molar-refractivity contribution >= 4 is 27.5 Å². The van der Waals surface area contributed by atoms with Gasteiger partial charge in [-0.25, -0.2) is 8.42 Å². The second kappa shape index (κ2) is 8.84. The van der Waals surface area contributed by atoms with Crippen LogP contribution in [-0.4, -0.2) is 43.7 Å². The highest BCUT2D eigenvalue weighted by Gasteiger charge is 2.28. The summed E-state index contributed by atoms with van der Waals surface area (Å²) in [5.74, 6) is -0.762. The number of rotatable bonds is 6. The third-order valence-electron chi connectivity index (χ3n) is 4.70. The molecule has 2 rings (SSSR count). The molecule has 0 spiro atoms. The van der Waals surface area contributed by atoms with Crippen molar-refractivity contribution in [1.82, 2.24) is 9.62 Å². The second-order valence-corrected chi connectivity index (χ2v) is 9.26. The van der Waals surface area contributed by atoms with E-state index in [2.05, 4.69) is 10.6 Å². The predicted octanol–water partition coefficient (Wildman–Crippen LogP) is 2.27. The number of amides is 2. The molecule has 1 heterocycles. The minimum Gasteiger partial charge on any atom is -0.344 e. The number of aryl methyl sites for hydroxylation is 1. The number of nitrogens with zero attached hydrogens (tertiary/aromatic N) is 1. The summed E-state index contributed by atoms with van der Waals surface area (Å²) < 4.78 is 27.5. The van der Waals surface area contributed by atoms with E-state index >= 15 is 0 Å². The summed E-state index contributed by atoms with van der Waals surface area (Å²) >= 11 is 0. The molecule has 1 saturated heterocycles. The fourth-order valence-corrected chi connectivity index (χ4v) is 4.94. The van der Waals surface area contributed by atoms with Crippen molar-refractivity contribution in [2.75, 3.05) is 18.4 Å². The third kappa shape index (κ3) is 5.29. The van der Waals surface area contributed by atoms with Crippen LogP contribution in [0.15, 0.2) is 23.1 Å². The monoisotopic (exact) mass is 395 g/mol. The lowest BCUT2D eigenvalue weighted by molar-refractivity contribution is -0.126. The van der Waals surface area contributed by atoms with Crippen LogP contribution in [0.4, 0.5) is 5.69 Å². The lowest BCUT2D eigenvalue weighted by Crippen LogP contribution is -2.46. The number of carbonyl (C=O) groups excluding carboxylic acids is 2. The van der Waals surface area contributed by atoms with Gasteiger partial charge in [0.15, 0.2) is 0 Å². The molecule has 1 fully saturated rings. The van der Waals surface area contributed by atoms with Gasteiger partial charge in [-0.15, -0.1) is 0 Å². The number of sulfonamides is 1. The average Bonchev–Trinajstić information content (AvgIpc) is 2.61. The summed E-state index contributed by atoms with van der Waals surface area (Å²) in [6, 6.07) is 4.18. The zero-order valence-corrected chi connectivity index (χ0v) is 17.2. The largest absolute Gasteiger partial charge is 0.344 e. The van der Waals surface area contributed by atoms with Gasteiger partial charge in [0.25, 0.3) is 0 Å². The Labute approximate surface area is 161 Å². The number of hydrogen-bond acceptors (Lipinski definition) is 4. The summed E-state index contributed by atoms with van der Waals surface area (Å²) in [5.41, 5.74) is 1.04. The van der Waals surface area contributed by atoms with E-state index in [0.29, 0.717) is 24.3 Å². The maximum absolute atomic E-state index is 13.0. The van der Waals surface area contributed by atoms with E-state index in [1.54, 1.807) is 19.1 Å². The first-order valence-electron chi connectivity index (χ1n) is 9.31. The van der Waals surface area contributed by atoms with Gasteiger partial charge >= 0.3 is 0 Å². The fourth-order valence-electron chi connectivity index (χ4n) is 3.17. The van der Waals surface area contributed by atoms with E-state index in [1.807, 2.05) is 13.8 Å². The molecular formula is C19H29N3O4S. The van der Waals surface area contributed by atoms with Crippen LogP contribution in [0.5, 0.6) is 0 Å². The zero-order valence-electron chi connectivity index (χ0n) is 16.4. The molecule has 7 nitrogen and oxygen atoms in total. The van der Waals surface area contributed by atoms with E-state index in [-0.39, 0.29) is 22.6 Å². The van der Waals surface area contributed by atoms with Crippen molar-refractivity contribution in [3.63, 3.8) is 0 Å². The Balaban J connectivity index is 2.26. The van der Waals surface area contributed by atoms with Gasteiger partial charge in [-0.3, -0.25) is 9.59 Å². The molecule has 8 heteroatoms. The molecule has 0 bridgehead atoms. The Kier molecular flexibility index (Phi) is 7.00. The van der Waals surface area contributed by atoms with Gasteiger partial charge in [0.05, 0.1) is 4.90 Å². The predicted molar refractivity (Wildman–Crippen MR) is 105 cm³/mol. The first-order valence-corrected chi connectivity index (χ1v) is 10.8. The summed E-state index contributed by atoms with van der Waals surface area (Å²) in [5, 5.41) is 5.36. The lowest BCUT2D eigenvalue weighted by atomic mass is 10.0. The molecule has 1 aromatic carbocycles. The fraction of sp³-hybridized carbons (Fsp3) is 0.579. The van der Waals surface area contributed by atoms with Gasteiger partial charge in [-0.05, 0) is 43.4 Å². The topological polar surface area (TPSA) is 95.6 Å². The van der Waals surface area contributed by atoms with E-state index in [0.717, 1.165) is 19.3 Å². The number of carbonyl (C=O) groups is 2. The molecule has 27 heavy (non-hydrogen) atoms. The van der Waals surface area contributed by atoms with Crippen molar-refractivity contribution in [2.24, 2.45) is 5.92 Å². The summed E-state index contributed by atoms with van der Waals surface area (Å²) in [4.78, 5) is 24.1. The van der Waals surface area contributed by atoms with Crippen molar-refractivity contribution in [3.05, 3.63) is 23.8 Å². The van der Waals surface area contributed by atoms with Crippen LogP contribution >= 0.6 is 0 Å². The van der Waals surface area contributed by atoms with Crippen LogP contribution in [0, 0.1) is 12.8 Å². The van der Waals surface area contributed by atoms with Gasteiger partial charge in [0, 0.05) is 25.7 Å². The van der Waals surface area contributed by atoms with Crippen molar-refractivity contribution in [1.29, 1.82) is 0 Å². The smallest absolute Gasteiger partial charge is 0.247 e. The van der Waals surface area contributed by atoms with Crippen LogP contribution in [0.1, 0.15) is 45.6 Å². The molecule has 150 valence electrons. The highest BCUT2D eigenvalue weighted by atomic mass is 32.2. The normalized spacial score (nSPS) is 16.8. The van der Waals surface area contributed by atoms with Gasteiger partial charge in [0.1, 0.15) is 6.04 Å². The molecule has 1 aromatic rings. The first-order chi connectivity index (χ1) is 12.6. The molecule has 0 aliphatic carbocycles. The number of benzene rings is 1. The summed E-state index contributed by atoms with van der Waals surface area (Å²) in [6.07, 6.45) is 2.77. The van der Waals surface area contributed by atoms with E-state index in [9.17, 15) is 18.0 Å². The van der Waals surface area contributed by atoms with E-state index in [4.69, 9.17) is 0 Å². The van der Waals surface area contributed by atoms with Gasteiger partial charge in [-0.2, -0.15) is 4.31 Å². The Bertz CT molecular complexity index is 799. The van der Waals surface area contributed by atoms with Gasteiger partial charge < -0.3 is 10.6 Å². The minimum atomic E-state index is -3.59. The maximum atomic E-state index is 13.0. The third-order valence-corrected chi connectivity index (χ3v) is 6.74. The lowest BCUT2D eigenvalue weighted by Gasteiger charge is -2.27. The van der Waals surface area contributed by atoms with E-state index < -0.39 is 16.1 Å². The average molecular weight is 396 g/mol. The van der Waals surface area contributed by atoms with Crippen LogP contribution in [0.25, 0.3) is 0 Å². The molecular weight excluding hydrogens is 366 g/mol. The molecule has 0 unspecified atom stereocenters. The van der Waals surface area contributed by atoms with Crippen LogP contribution < -0.4 is 10.6 Å². The second-order valence-electron chi connectivity index (χ2n) is 7.36. The summed E-state index contributed by atoms with van der Waals surface area (Å²) in [7, 11) is -3.59. The van der Waals surface area contributed by atoms with Gasteiger partial charge in [0.2, 0.25) is 21.8 Å². The SMILES string of the molecule is CC(=O)N[C@H](C(=O)Nc1ccc(C)c(S(=O)(=O)N2CCCCC2)c1)C(C)C. The van der Waals surface area contributed by atoms with Crippen LogP contribution in [0.2, 0.25) is 0 Å². The quantitative estimate of drug-likeness (QED) is 0.772. The number of piperidine rings is 1. The highest BCUT2D eigenvalue weighted by Crippen LogP contribution is 2.26. The molecule has 0 saturated carbocycles. The Morgan fingerprint density at radius 3 is 2.30 bits per heavy atom. The standard InChI is InChI=1S/C19H29N3O4S/c1-13(2)18(20-15(4)23)19(24)21-16-9-8-14(3)17(12-16)27(25,26)22-10-6-5-7-11-22/h8-9,12-13,18H,5-7,10-11H2,1-4H3,(H,20,23)(H,21,24)/t18-/m0/s1. The van der Waals surface area contributed by atoms with Crippen LogP contribution in [0.3, 0.4) is 0 Å². The molecule has 1 atom stereocenters. The Morgan fingerprint density at radius 1 is 1.11 bits per heavy atom. The van der Waals surface area contributed by atoms with Gasteiger partial charge in [-0.1, -0.05) is 26.3 Å².